The van der Waals surface area contributed by atoms with Crippen LogP contribution in [0.3, 0.4) is 0 Å². The Kier molecular flexibility index (Phi) is 1.68. The molecule has 3 rings (SSSR count). The molecule has 0 amide bonds. The van der Waals surface area contributed by atoms with E-state index in [2.05, 4.69) is 9.97 Å². The van der Waals surface area contributed by atoms with Crippen molar-refractivity contribution in [1.29, 1.82) is 0 Å². The Morgan fingerprint density at radius 2 is 2.20 bits per heavy atom. The summed E-state index contributed by atoms with van der Waals surface area (Å²) in [6, 6.07) is 0. The standard InChI is InChI=1S/C10H11N3O2/c1-6-11-8-9(15-6)12-7-4-2-3-5-13(7)10(8)14/h2-5H2,1H3. The van der Waals surface area contributed by atoms with Gasteiger partial charge in [0.1, 0.15) is 5.82 Å². The van der Waals surface area contributed by atoms with E-state index in [1.165, 1.54) is 0 Å². The van der Waals surface area contributed by atoms with E-state index < -0.39 is 0 Å². The number of aromatic nitrogens is 3. The summed E-state index contributed by atoms with van der Waals surface area (Å²) in [7, 11) is 0. The summed E-state index contributed by atoms with van der Waals surface area (Å²) in [5.41, 5.74) is 0.676. The lowest BCUT2D eigenvalue weighted by Crippen LogP contribution is -2.28. The van der Waals surface area contributed by atoms with E-state index in [9.17, 15) is 4.79 Å². The van der Waals surface area contributed by atoms with Gasteiger partial charge < -0.3 is 4.42 Å². The molecule has 78 valence electrons. The van der Waals surface area contributed by atoms with Gasteiger partial charge in [0.15, 0.2) is 11.4 Å². The van der Waals surface area contributed by atoms with Crippen molar-refractivity contribution in [3.05, 3.63) is 22.1 Å². The minimum absolute atomic E-state index is 0.0634. The van der Waals surface area contributed by atoms with E-state index >= 15 is 0 Å². The van der Waals surface area contributed by atoms with Crippen LogP contribution in [0.5, 0.6) is 0 Å². The fraction of sp³-hybridized carbons (Fsp3) is 0.500. The number of hydrogen-bond donors (Lipinski definition) is 0. The molecular weight excluding hydrogens is 194 g/mol. The first kappa shape index (κ1) is 8.64. The van der Waals surface area contributed by atoms with E-state index in [-0.39, 0.29) is 5.56 Å². The average molecular weight is 205 g/mol. The van der Waals surface area contributed by atoms with Crippen LogP contribution in [0.1, 0.15) is 24.6 Å². The van der Waals surface area contributed by atoms with Crippen LogP contribution in [0, 0.1) is 6.92 Å². The zero-order chi connectivity index (χ0) is 10.4. The molecule has 0 aliphatic carbocycles. The van der Waals surface area contributed by atoms with E-state index in [0.717, 1.165) is 31.6 Å². The summed E-state index contributed by atoms with van der Waals surface area (Å²) in [5, 5.41) is 0. The predicted octanol–water partition coefficient (Wildman–Crippen LogP) is 1.03. The molecule has 3 heterocycles. The second-order valence-corrected chi connectivity index (χ2v) is 3.83. The molecule has 0 saturated heterocycles. The van der Waals surface area contributed by atoms with Crippen molar-refractivity contribution in [2.24, 2.45) is 0 Å². The lowest BCUT2D eigenvalue weighted by atomic mass is 10.1. The van der Waals surface area contributed by atoms with Crippen molar-refractivity contribution in [1.82, 2.24) is 14.5 Å². The molecule has 0 aromatic carbocycles. The minimum Gasteiger partial charge on any atom is -0.422 e. The molecular formula is C10H11N3O2. The van der Waals surface area contributed by atoms with Gasteiger partial charge in [-0.1, -0.05) is 0 Å². The zero-order valence-electron chi connectivity index (χ0n) is 8.49. The highest BCUT2D eigenvalue weighted by molar-refractivity contribution is 5.66. The van der Waals surface area contributed by atoms with Gasteiger partial charge >= 0.3 is 0 Å². The molecule has 1 aliphatic heterocycles. The molecule has 1 aliphatic rings. The third-order valence-electron chi connectivity index (χ3n) is 2.74. The zero-order valence-corrected chi connectivity index (χ0v) is 8.49. The molecule has 0 fully saturated rings. The SMILES string of the molecule is Cc1nc2c(=O)n3c(nc2o1)CCCC3. The molecule has 0 bridgehead atoms. The maximum Gasteiger partial charge on any atom is 0.283 e. The van der Waals surface area contributed by atoms with Crippen molar-refractivity contribution in [3.63, 3.8) is 0 Å². The van der Waals surface area contributed by atoms with Gasteiger partial charge in [-0.05, 0) is 12.8 Å². The Morgan fingerprint density at radius 1 is 1.33 bits per heavy atom. The monoisotopic (exact) mass is 205 g/mol. The van der Waals surface area contributed by atoms with Gasteiger partial charge in [0.05, 0.1) is 0 Å². The molecule has 2 aromatic heterocycles. The highest BCUT2D eigenvalue weighted by Gasteiger charge is 2.17. The van der Waals surface area contributed by atoms with Crippen LogP contribution in [0.4, 0.5) is 0 Å². The van der Waals surface area contributed by atoms with Crippen LogP contribution in [0.2, 0.25) is 0 Å². The van der Waals surface area contributed by atoms with Crippen molar-refractivity contribution < 1.29 is 4.42 Å². The van der Waals surface area contributed by atoms with E-state index in [1.54, 1.807) is 11.5 Å². The van der Waals surface area contributed by atoms with Crippen LogP contribution in [0.15, 0.2) is 9.21 Å². The topological polar surface area (TPSA) is 60.9 Å². The lowest BCUT2D eigenvalue weighted by Gasteiger charge is -2.15. The fourth-order valence-corrected chi connectivity index (χ4v) is 2.03. The molecule has 15 heavy (non-hydrogen) atoms. The number of fused-ring (bicyclic) bond motifs is 2. The number of oxazole rings is 1. The van der Waals surface area contributed by atoms with Gasteiger partial charge in [-0.3, -0.25) is 9.36 Å². The summed E-state index contributed by atoms with van der Waals surface area (Å²) in [6.45, 7) is 2.48. The summed E-state index contributed by atoms with van der Waals surface area (Å²) >= 11 is 0. The Labute approximate surface area is 85.8 Å². The van der Waals surface area contributed by atoms with Gasteiger partial charge in [0, 0.05) is 19.9 Å². The third kappa shape index (κ3) is 1.19. The number of hydrogen-bond acceptors (Lipinski definition) is 4. The van der Waals surface area contributed by atoms with Crippen molar-refractivity contribution >= 4 is 11.2 Å². The second kappa shape index (κ2) is 2.92. The van der Waals surface area contributed by atoms with Gasteiger partial charge in [-0.25, -0.2) is 4.98 Å². The van der Waals surface area contributed by atoms with Crippen LogP contribution in [-0.4, -0.2) is 14.5 Å². The Morgan fingerprint density at radius 3 is 3.07 bits per heavy atom. The van der Waals surface area contributed by atoms with Gasteiger partial charge in [0.2, 0.25) is 0 Å². The molecule has 0 radical (unpaired) electrons. The maximum absolute atomic E-state index is 12.0. The van der Waals surface area contributed by atoms with Crippen LogP contribution >= 0.6 is 0 Å². The first-order valence-corrected chi connectivity index (χ1v) is 5.12. The Bertz CT molecular complexity index is 582. The lowest BCUT2D eigenvalue weighted by molar-refractivity contribution is 0.491. The van der Waals surface area contributed by atoms with E-state index in [4.69, 9.17) is 4.42 Å². The maximum atomic E-state index is 12.0. The first-order valence-electron chi connectivity index (χ1n) is 5.12. The van der Waals surface area contributed by atoms with Crippen molar-refractivity contribution in [2.45, 2.75) is 32.7 Å². The molecule has 5 heteroatoms. The summed E-state index contributed by atoms with van der Waals surface area (Å²) < 4.78 is 7.00. The number of rotatable bonds is 0. The number of nitrogens with zero attached hydrogens (tertiary/aromatic N) is 3. The van der Waals surface area contributed by atoms with Crippen molar-refractivity contribution in [2.75, 3.05) is 0 Å². The highest BCUT2D eigenvalue weighted by Crippen LogP contribution is 2.14. The van der Waals surface area contributed by atoms with E-state index in [0.29, 0.717) is 17.1 Å². The predicted molar refractivity (Wildman–Crippen MR) is 53.7 cm³/mol. The fourth-order valence-electron chi connectivity index (χ4n) is 2.03. The Balaban J connectivity index is 2.40. The summed E-state index contributed by atoms with van der Waals surface area (Å²) in [5.74, 6) is 1.33. The summed E-state index contributed by atoms with van der Waals surface area (Å²) in [6.07, 6.45) is 2.98. The molecule has 5 nitrogen and oxygen atoms in total. The average Bonchev–Trinajstić information content (AvgIpc) is 2.59. The highest BCUT2D eigenvalue weighted by atomic mass is 16.4. The van der Waals surface area contributed by atoms with Gasteiger partial charge in [-0.15, -0.1) is 0 Å². The largest absolute Gasteiger partial charge is 0.422 e. The second-order valence-electron chi connectivity index (χ2n) is 3.83. The third-order valence-corrected chi connectivity index (χ3v) is 2.74. The molecule has 0 N–H and O–H groups in total. The molecule has 0 saturated carbocycles. The van der Waals surface area contributed by atoms with E-state index in [1.807, 2.05) is 0 Å². The van der Waals surface area contributed by atoms with Gasteiger partial charge in [0.25, 0.3) is 11.3 Å². The molecule has 0 spiro atoms. The van der Waals surface area contributed by atoms with Gasteiger partial charge in [-0.2, -0.15) is 4.98 Å². The molecule has 2 aromatic rings. The first-order chi connectivity index (χ1) is 7.25. The summed E-state index contributed by atoms with van der Waals surface area (Å²) in [4.78, 5) is 20.4. The quantitative estimate of drug-likeness (QED) is 0.644. The Hall–Kier alpha value is -1.65. The van der Waals surface area contributed by atoms with Crippen LogP contribution < -0.4 is 5.56 Å². The number of aryl methyl sites for hydroxylation is 2. The van der Waals surface area contributed by atoms with Crippen molar-refractivity contribution in [3.8, 4) is 0 Å². The van der Waals surface area contributed by atoms with Crippen LogP contribution in [-0.2, 0) is 13.0 Å². The smallest absolute Gasteiger partial charge is 0.283 e. The normalized spacial score (nSPS) is 15.5. The molecule has 0 atom stereocenters. The minimum atomic E-state index is -0.0634. The van der Waals surface area contributed by atoms with Crippen LogP contribution in [0.25, 0.3) is 11.2 Å². The molecule has 0 unspecified atom stereocenters.